The summed E-state index contributed by atoms with van der Waals surface area (Å²) >= 11 is 0. The van der Waals surface area contributed by atoms with Crippen molar-refractivity contribution in [2.75, 3.05) is 45.2 Å². The summed E-state index contributed by atoms with van der Waals surface area (Å²) in [5, 5.41) is 11.4. The van der Waals surface area contributed by atoms with Gasteiger partial charge in [-0.25, -0.2) is 0 Å². The van der Waals surface area contributed by atoms with E-state index in [9.17, 15) is 14.7 Å². The fourth-order valence-corrected chi connectivity index (χ4v) is 4.93. The molecular formula is C28H35N3O4. The Morgan fingerprint density at radius 1 is 1.09 bits per heavy atom. The minimum Gasteiger partial charge on any atom is -0.507 e. The number of ketones is 1. The maximum atomic E-state index is 13.3. The largest absolute Gasteiger partial charge is 0.507 e. The summed E-state index contributed by atoms with van der Waals surface area (Å²) in [4.78, 5) is 32.3. The standard InChI is InChI=1S/C28H35N3O4/c1-6-30(7-2)14-15-31-25(19-8-11-22(12-9-19)29(4)5)24(27(33)28(31)34)26(32)20-10-13-23-21(17-20)16-18(3)35-23/h8-13,17-18,25,32H,6-7,14-16H2,1-5H3/t18-,25+/m0/s1. The van der Waals surface area contributed by atoms with Crippen LogP contribution in [0.1, 0.15) is 43.5 Å². The molecule has 0 radical (unpaired) electrons. The van der Waals surface area contributed by atoms with Crippen LogP contribution in [-0.4, -0.2) is 73.0 Å². The lowest BCUT2D eigenvalue weighted by Gasteiger charge is -2.28. The van der Waals surface area contributed by atoms with Crippen molar-refractivity contribution in [1.82, 2.24) is 9.80 Å². The molecule has 1 amide bonds. The third-order valence-corrected chi connectivity index (χ3v) is 6.99. The summed E-state index contributed by atoms with van der Waals surface area (Å²) < 4.78 is 5.78. The Hall–Kier alpha value is -3.32. The van der Waals surface area contributed by atoms with Gasteiger partial charge in [0, 0.05) is 44.9 Å². The molecule has 186 valence electrons. The fraction of sp³-hybridized carbons (Fsp3) is 0.429. The third-order valence-electron chi connectivity index (χ3n) is 6.99. The smallest absolute Gasteiger partial charge is 0.295 e. The summed E-state index contributed by atoms with van der Waals surface area (Å²) in [6.45, 7) is 8.93. The minimum absolute atomic E-state index is 0.0725. The number of ether oxygens (including phenoxy) is 1. The number of anilines is 1. The first-order chi connectivity index (χ1) is 16.7. The highest BCUT2D eigenvalue weighted by molar-refractivity contribution is 6.46. The maximum Gasteiger partial charge on any atom is 0.295 e. The Morgan fingerprint density at radius 3 is 2.40 bits per heavy atom. The monoisotopic (exact) mass is 477 g/mol. The third kappa shape index (κ3) is 4.78. The average molecular weight is 478 g/mol. The first-order valence-corrected chi connectivity index (χ1v) is 12.3. The van der Waals surface area contributed by atoms with Gasteiger partial charge in [0.25, 0.3) is 11.7 Å². The molecule has 2 aliphatic heterocycles. The number of aliphatic hydroxyl groups excluding tert-OH is 1. The van der Waals surface area contributed by atoms with Crippen LogP contribution in [0.25, 0.3) is 5.76 Å². The molecular weight excluding hydrogens is 442 g/mol. The van der Waals surface area contributed by atoms with Gasteiger partial charge in [0.15, 0.2) is 0 Å². The summed E-state index contributed by atoms with van der Waals surface area (Å²) in [7, 11) is 3.92. The summed E-state index contributed by atoms with van der Waals surface area (Å²) in [5.74, 6) is -0.561. The number of carbonyl (C=O) groups is 2. The molecule has 2 aliphatic rings. The van der Waals surface area contributed by atoms with Crippen molar-refractivity contribution in [2.45, 2.75) is 39.3 Å². The number of fused-ring (bicyclic) bond motifs is 1. The summed E-state index contributed by atoms with van der Waals surface area (Å²) in [6.07, 6.45) is 0.813. The predicted octanol–water partition coefficient (Wildman–Crippen LogP) is 3.84. The Bertz CT molecular complexity index is 1140. The molecule has 2 atom stereocenters. The van der Waals surface area contributed by atoms with E-state index >= 15 is 0 Å². The molecule has 0 bridgehead atoms. The number of rotatable bonds is 8. The fourth-order valence-electron chi connectivity index (χ4n) is 4.93. The molecule has 2 aromatic carbocycles. The van der Waals surface area contributed by atoms with E-state index in [2.05, 4.69) is 18.7 Å². The first-order valence-electron chi connectivity index (χ1n) is 12.3. The molecule has 0 saturated carbocycles. The SMILES string of the molecule is CCN(CC)CCN1C(=O)C(=O)C(=C(O)c2ccc3c(c2)C[C@H](C)O3)[C@H]1c1ccc(N(C)C)cc1. The van der Waals surface area contributed by atoms with Gasteiger partial charge >= 0.3 is 0 Å². The molecule has 0 spiro atoms. The zero-order chi connectivity index (χ0) is 25.3. The van der Waals surface area contributed by atoms with Crippen LogP contribution in [0.15, 0.2) is 48.0 Å². The summed E-state index contributed by atoms with van der Waals surface area (Å²) in [6, 6.07) is 12.6. The number of aliphatic hydroxyl groups is 1. The van der Waals surface area contributed by atoms with Gasteiger partial charge in [-0.05, 0) is 61.5 Å². The molecule has 0 aromatic heterocycles. The van der Waals surface area contributed by atoms with Gasteiger partial charge in [-0.3, -0.25) is 9.59 Å². The van der Waals surface area contributed by atoms with E-state index in [1.54, 1.807) is 11.0 Å². The number of likely N-dealkylation sites (N-methyl/N-ethyl adjacent to an activating group) is 1. The van der Waals surface area contributed by atoms with Gasteiger partial charge in [0.2, 0.25) is 0 Å². The normalized spacial score (nSPS) is 20.9. The van der Waals surface area contributed by atoms with E-state index in [1.165, 1.54) is 0 Å². The molecule has 7 heteroatoms. The second-order valence-electron chi connectivity index (χ2n) is 9.46. The lowest BCUT2D eigenvalue weighted by atomic mass is 9.94. The lowest BCUT2D eigenvalue weighted by molar-refractivity contribution is -0.140. The van der Waals surface area contributed by atoms with Crippen LogP contribution in [0.5, 0.6) is 5.75 Å². The van der Waals surface area contributed by atoms with Gasteiger partial charge in [-0.1, -0.05) is 26.0 Å². The number of Topliss-reactive ketones (excluding diaryl/α,β-unsaturated/α-hetero) is 1. The Labute approximate surface area is 207 Å². The zero-order valence-corrected chi connectivity index (χ0v) is 21.2. The molecule has 4 rings (SSSR count). The van der Waals surface area contributed by atoms with Gasteiger partial charge in [-0.2, -0.15) is 0 Å². The van der Waals surface area contributed by atoms with Crippen LogP contribution in [0.2, 0.25) is 0 Å². The maximum absolute atomic E-state index is 13.3. The van der Waals surface area contributed by atoms with Crippen LogP contribution in [0.3, 0.4) is 0 Å². The number of hydrogen-bond acceptors (Lipinski definition) is 6. The van der Waals surface area contributed by atoms with Gasteiger partial charge in [0.05, 0.1) is 11.6 Å². The molecule has 2 aromatic rings. The predicted molar refractivity (Wildman–Crippen MR) is 138 cm³/mol. The van der Waals surface area contributed by atoms with Crippen molar-refractivity contribution in [3.05, 3.63) is 64.7 Å². The van der Waals surface area contributed by atoms with Gasteiger partial charge in [-0.15, -0.1) is 0 Å². The van der Waals surface area contributed by atoms with Crippen LogP contribution < -0.4 is 9.64 Å². The van der Waals surface area contributed by atoms with Crippen LogP contribution in [0.4, 0.5) is 5.69 Å². The molecule has 2 heterocycles. The number of amides is 1. The average Bonchev–Trinajstić information content (AvgIpc) is 3.35. The quantitative estimate of drug-likeness (QED) is 0.354. The highest BCUT2D eigenvalue weighted by Crippen LogP contribution is 2.40. The second kappa shape index (κ2) is 10.1. The summed E-state index contributed by atoms with van der Waals surface area (Å²) in [5.41, 5.74) is 3.47. The number of nitrogens with zero attached hydrogens (tertiary/aromatic N) is 3. The van der Waals surface area contributed by atoms with Crippen molar-refractivity contribution in [3.63, 3.8) is 0 Å². The molecule has 1 N–H and O–H groups in total. The van der Waals surface area contributed by atoms with Crippen molar-refractivity contribution >= 4 is 23.1 Å². The number of hydrogen-bond donors (Lipinski definition) is 1. The molecule has 0 aliphatic carbocycles. The number of carbonyl (C=O) groups excluding carboxylic acids is 2. The minimum atomic E-state index is -0.648. The number of benzene rings is 2. The molecule has 35 heavy (non-hydrogen) atoms. The van der Waals surface area contributed by atoms with Crippen molar-refractivity contribution in [3.8, 4) is 5.75 Å². The number of likely N-dealkylation sites (tertiary alicyclic amines) is 1. The van der Waals surface area contributed by atoms with E-state index in [4.69, 9.17) is 4.74 Å². The van der Waals surface area contributed by atoms with E-state index in [0.717, 1.165) is 42.1 Å². The van der Waals surface area contributed by atoms with Crippen molar-refractivity contribution in [2.24, 2.45) is 0 Å². The van der Waals surface area contributed by atoms with Crippen LogP contribution in [0, 0.1) is 0 Å². The van der Waals surface area contributed by atoms with Crippen LogP contribution in [-0.2, 0) is 16.0 Å². The molecule has 1 fully saturated rings. The van der Waals surface area contributed by atoms with Crippen LogP contribution >= 0.6 is 0 Å². The molecule has 7 nitrogen and oxygen atoms in total. The molecule has 1 saturated heterocycles. The van der Waals surface area contributed by atoms with E-state index in [0.29, 0.717) is 18.7 Å². The zero-order valence-electron chi connectivity index (χ0n) is 21.2. The molecule has 0 unspecified atom stereocenters. The Kier molecular flexibility index (Phi) is 7.17. The van der Waals surface area contributed by atoms with Crippen molar-refractivity contribution < 1.29 is 19.4 Å². The van der Waals surface area contributed by atoms with Crippen molar-refractivity contribution in [1.29, 1.82) is 0 Å². The van der Waals surface area contributed by atoms with Gasteiger partial charge < -0.3 is 24.5 Å². The highest BCUT2D eigenvalue weighted by atomic mass is 16.5. The second-order valence-corrected chi connectivity index (χ2v) is 9.46. The highest BCUT2D eigenvalue weighted by Gasteiger charge is 2.46. The first kappa shape index (κ1) is 24.8. The van der Waals surface area contributed by atoms with E-state index < -0.39 is 17.7 Å². The Morgan fingerprint density at radius 2 is 1.77 bits per heavy atom. The lowest BCUT2D eigenvalue weighted by Crippen LogP contribution is -2.38. The van der Waals surface area contributed by atoms with Gasteiger partial charge in [0.1, 0.15) is 17.6 Å². The van der Waals surface area contributed by atoms with E-state index in [-0.39, 0.29) is 17.4 Å². The van der Waals surface area contributed by atoms with E-state index in [1.807, 2.05) is 62.3 Å². The topological polar surface area (TPSA) is 73.3 Å². The Balaban J connectivity index is 1.78.